The molecule has 0 bridgehead atoms. The van der Waals surface area contributed by atoms with Crippen LogP contribution >= 0.6 is 0 Å². The predicted octanol–water partition coefficient (Wildman–Crippen LogP) is 2.38. The molecule has 0 unspecified atom stereocenters. The van der Waals surface area contributed by atoms with Crippen LogP contribution in [-0.2, 0) is 4.79 Å². The van der Waals surface area contributed by atoms with Crippen molar-refractivity contribution in [2.24, 2.45) is 0 Å². The van der Waals surface area contributed by atoms with Gasteiger partial charge in [0.1, 0.15) is 11.6 Å². The Labute approximate surface area is 87.5 Å². The summed E-state index contributed by atoms with van der Waals surface area (Å²) in [6.45, 7) is 3.32. The summed E-state index contributed by atoms with van der Waals surface area (Å²) >= 11 is 0. The van der Waals surface area contributed by atoms with E-state index in [2.05, 4.69) is 0 Å². The van der Waals surface area contributed by atoms with Crippen molar-refractivity contribution in [2.45, 2.75) is 26.4 Å². The van der Waals surface area contributed by atoms with Crippen LogP contribution in [0.1, 0.15) is 18.9 Å². The van der Waals surface area contributed by atoms with E-state index in [1.807, 2.05) is 0 Å². The van der Waals surface area contributed by atoms with Crippen molar-refractivity contribution in [3.8, 4) is 5.75 Å². The number of aliphatic carboxylic acids is 1. The molecule has 0 saturated carbocycles. The zero-order valence-corrected chi connectivity index (χ0v) is 8.66. The summed E-state index contributed by atoms with van der Waals surface area (Å²) in [5, 5.41) is 8.76. The van der Waals surface area contributed by atoms with Crippen LogP contribution in [0.4, 0.5) is 4.39 Å². The molecule has 1 N–H and O–H groups in total. The van der Waals surface area contributed by atoms with Crippen LogP contribution in [0.25, 0.3) is 0 Å². The van der Waals surface area contributed by atoms with E-state index < -0.39 is 12.1 Å². The Balaban J connectivity index is 2.80. The molecule has 0 aromatic heterocycles. The van der Waals surface area contributed by atoms with E-state index in [1.165, 1.54) is 18.2 Å². The van der Waals surface area contributed by atoms with Crippen LogP contribution in [0.15, 0.2) is 18.2 Å². The second-order valence-corrected chi connectivity index (χ2v) is 3.26. The van der Waals surface area contributed by atoms with Crippen LogP contribution in [-0.4, -0.2) is 17.2 Å². The number of hydrogen-bond donors (Lipinski definition) is 1. The van der Waals surface area contributed by atoms with Gasteiger partial charge >= 0.3 is 5.97 Å². The van der Waals surface area contributed by atoms with Gasteiger partial charge in [0.25, 0.3) is 0 Å². The molecule has 1 aromatic rings. The summed E-state index contributed by atoms with van der Waals surface area (Å²) in [6, 6.07) is 4.17. The van der Waals surface area contributed by atoms with Crippen LogP contribution in [0, 0.1) is 12.7 Å². The third-order valence-electron chi connectivity index (χ3n) is 2.05. The molecule has 0 aliphatic rings. The molecule has 3 nitrogen and oxygen atoms in total. The SMILES string of the molecule is CC[C@@H](Oc1ccc(F)c(C)c1)C(=O)O. The van der Waals surface area contributed by atoms with Crippen LogP contribution in [0.3, 0.4) is 0 Å². The molecule has 0 aliphatic carbocycles. The highest BCUT2D eigenvalue weighted by atomic mass is 19.1. The molecule has 0 spiro atoms. The van der Waals surface area contributed by atoms with Crippen molar-refractivity contribution >= 4 is 5.97 Å². The van der Waals surface area contributed by atoms with Crippen molar-refractivity contribution in [3.05, 3.63) is 29.6 Å². The third-order valence-corrected chi connectivity index (χ3v) is 2.05. The lowest BCUT2D eigenvalue weighted by molar-refractivity contribution is -0.145. The van der Waals surface area contributed by atoms with Gasteiger partial charge in [0.05, 0.1) is 0 Å². The summed E-state index contributed by atoms with van der Waals surface area (Å²) in [7, 11) is 0. The summed E-state index contributed by atoms with van der Waals surface area (Å²) in [6.07, 6.45) is -0.513. The topological polar surface area (TPSA) is 46.5 Å². The Morgan fingerprint density at radius 3 is 2.73 bits per heavy atom. The molecule has 0 aliphatic heterocycles. The lowest BCUT2D eigenvalue weighted by Gasteiger charge is -2.13. The second-order valence-electron chi connectivity index (χ2n) is 3.26. The lowest BCUT2D eigenvalue weighted by atomic mass is 10.2. The fourth-order valence-corrected chi connectivity index (χ4v) is 1.16. The van der Waals surface area contributed by atoms with Crippen molar-refractivity contribution in [1.82, 2.24) is 0 Å². The summed E-state index contributed by atoms with van der Waals surface area (Å²) < 4.78 is 18.1. The van der Waals surface area contributed by atoms with Gasteiger partial charge in [-0.15, -0.1) is 0 Å². The number of ether oxygens (including phenoxy) is 1. The second kappa shape index (κ2) is 4.77. The molecule has 0 heterocycles. The van der Waals surface area contributed by atoms with Gasteiger partial charge in [-0.05, 0) is 37.1 Å². The molecule has 0 saturated heterocycles. The maximum Gasteiger partial charge on any atom is 0.344 e. The molecule has 0 radical (unpaired) electrons. The smallest absolute Gasteiger partial charge is 0.344 e. The Kier molecular flexibility index (Phi) is 3.66. The zero-order valence-electron chi connectivity index (χ0n) is 8.66. The van der Waals surface area contributed by atoms with Gasteiger partial charge in [0, 0.05) is 0 Å². The first-order valence-corrected chi connectivity index (χ1v) is 4.70. The van der Waals surface area contributed by atoms with E-state index in [1.54, 1.807) is 13.8 Å². The number of rotatable bonds is 4. The summed E-state index contributed by atoms with van der Waals surface area (Å²) in [5.41, 5.74) is 0.438. The highest BCUT2D eigenvalue weighted by molar-refractivity contribution is 5.72. The minimum absolute atomic E-state index is 0.328. The molecule has 4 heteroatoms. The maximum atomic E-state index is 12.9. The first-order chi connectivity index (χ1) is 7.04. The molecule has 1 rings (SSSR count). The number of halogens is 1. The van der Waals surface area contributed by atoms with Crippen LogP contribution in [0.5, 0.6) is 5.75 Å². The van der Waals surface area contributed by atoms with Gasteiger partial charge in [-0.3, -0.25) is 0 Å². The van der Waals surface area contributed by atoms with Gasteiger partial charge in [-0.25, -0.2) is 9.18 Å². The standard InChI is InChI=1S/C11H13FO3/c1-3-10(11(13)14)15-8-4-5-9(12)7(2)6-8/h4-6,10H,3H2,1-2H3,(H,13,14)/t10-/m1/s1. The van der Waals surface area contributed by atoms with Crippen LogP contribution in [0.2, 0.25) is 0 Å². The van der Waals surface area contributed by atoms with E-state index in [0.29, 0.717) is 17.7 Å². The molecule has 15 heavy (non-hydrogen) atoms. The number of carboxylic acid groups (broad SMARTS) is 1. The first-order valence-electron chi connectivity index (χ1n) is 4.70. The highest BCUT2D eigenvalue weighted by Crippen LogP contribution is 2.18. The van der Waals surface area contributed by atoms with Gasteiger partial charge in [0.2, 0.25) is 0 Å². The molecule has 0 amide bonds. The fourth-order valence-electron chi connectivity index (χ4n) is 1.16. The van der Waals surface area contributed by atoms with Crippen molar-refractivity contribution in [2.75, 3.05) is 0 Å². The summed E-state index contributed by atoms with van der Waals surface area (Å²) in [4.78, 5) is 10.7. The summed E-state index contributed by atoms with van der Waals surface area (Å²) in [5.74, 6) is -0.964. The fraction of sp³-hybridized carbons (Fsp3) is 0.364. The minimum Gasteiger partial charge on any atom is -0.479 e. The Morgan fingerprint density at radius 2 is 2.27 bits per heavy atom. The molecule has 1 atom stereocenters. The third kappa shape index (κ3) is 2.94. The average Bonchev–Trinajstić information content (AvgIpc) is 2.19. The molecular formula is C11H13FO3. The largest absolute Gasteiger partial charge is 0.479 e. The Bertz CT molecular complexity index is 363. The monoisotopic (exact) mass is 212 g/mol. The van der Waals surface area contributed by atoms with E-state index in [9.17, 15) is 9.18 Å². The van der Waals surface area contributed by atoms with Gasteiger partial charge in [-0.2, -0.15) is 0 Å². The van der Waals surface area contributed by atoms with E-state index in [0.717, 1.165) is 0 Å². The Hall–Kier alpha value is -1.58. The predicted molar refractivity (Wildman–Crippen MR) is 53.5 cm³/mol. The normalized spacial score (nSPS) is 12.2. The van der Waals surface area contributed by atoms with E-state index >= 15 is 0 Å². The van der Waals surface area contributed by atoms with Crippen molar-refractivity contribution in [1.29, 1.82) is 0 Å². The number of carbonyl (C=O) groups is 1. The maximum absolute atomic E-state index is 12.9. The Morgan fingerprint density at radius 1 is 1.60 bits per heavy atom. The van der Waals surface area contributed by atoms with Gasteiger partial charge < -0.3 is 9.84 Å². The quantitative estimate of drug-likeness (QED) is 0.833. The number of hydrogen-bond acceptors (Lipinski definition) is 2. The molecular weight excluding hydrogens is 199 g/mol. The van der Waals surface area contributed by atoms with E-state index in [-0.39, 0.29) is 5.82 Å². The van der Waals surface area contributed by atoms with Crippen molar-refractivity contribution in [3.63, 3.8) is 0 Å². The molecule has 82 valence electrons. The minimum atomic E-state index is -1.01. The van der Waals surface area contributed by atoms with Gasteiger partial charge in [-0.1, -0.05) is 6.92 Å². The van der Waals surface area contributed by atoms with E-state index in [4.69, 9.17) is 9.84 Å². The molecule has 1 aromatic carbocycles. The number of carboxylic acids is 1. The zero-order chi connectivity index (χ0) is 11.4. The first kappa shape index (κ1) is 11.5. The van der Waals surface area contributed by atoms with Crippen molar-refractivity contribution < 1.29 is 19.0 Å². The number of benzene rings is 1. The highest BCUT2D eigenvalue weighted by Gasteiger charge is 2.16. The average molecular weight is 212 g/mol. The number of aryl methyl sites for hydroxylation is 1. The lowest BCUT2D eigenvalue weighted by Crippen LogP contribution is -2.25. The van der Waals surface area contributed by atoms with Crippen LogP contribution < -0.4 is 4.74 Å². The van der Waals surface area contributed by atoms with Gasteiger partial charge in [0.15, 0.2) is 6.10 Å². The molecule has 0 fully saturated rings.